The number of ether oxygens (including phenoxy) is 1. The number of benzene rings is 1. The number of aldehydes is 1. The van der Waals surface area contributed by atoms with Crippen LogP contribution in [0.2, 0.25) is 5.02 Å². The molecule has 1 unspecified atom stereocenters. The number of nitriles is 1. The summed E-state index contributed by atoms with van der Waals surface area (Å²) in [4.78, 5) is 20.6. The first-order valence-electron chi connectivity index (χ1n) is 8.14. The summed E-state index contributed by atoms with van der Waals surface area (Å²) in [5.41, 5.74) is 2.83. The minimum absolute atomic E-state index is 0.206. The number of halogens is 2. The summed E-state index contributed by atoms with van der Waals surface area (Å²) in [6, 6.07) is 10.5. The SMILES string of the molecule is Cc1cc(C#N)cc2c1N=C(c1cc(Br)nn1-c1ncccc1Cl)OC2C=O. The highest BCUT2D eigenvalue weighted by molar-refractivity contribution is 9.10. The summed E-state index contributed by atoms with van der Waals surface area (Å²) in [6.45, 7) is 1.83. The number of carbonyl (C=O) groups is 1. The molecule has 28 heavy (non-hydrogen) atoms. The first-order valence-corrected chi connectivity index (χ1v) is 9.31. The molecule has 0 bridgehead atoms. The smallest absolute Gasteiger partial charge is 0.241 e. The molecule has 2 aromatic heterocycles. The van der Waals surface area contributed by atoms with Crippen molar-refractivity contribution in [3.8, 4) is 11.9 Å². The van der Waals surface area contributed by atoms with E-state index in [1.165, 1.54) is 4.68 Å². The van der Waals surface area contributed by atoms with Crippen molar-refractivity contribution in [2.24, 2.45) is 4.99 Å². The van der Waals surface area contributed by atoms with Gasteiger partial charge in [-0.15, -0.1) is 0 Å². The second-order valence-electron chi connectivity index (χ2n) is 6.01. The third kappa shape index (κ3) is 3.09. The summed E-state index contributed by atoms with van der Waals surface area (Å²) >= 11 is 9.62. The molecule has 1 aliphatic rings. The van der Waals surface area contributed by atoms with Crippen LogP contribution in [-0.2, 0) is 9.53 Å². The van der Waals surface area contributed by atoms with Crippen LogP contribution in [0.15, 0.2) is 46.1 Å². The van der Waals surface area contributed by atoms with Crippen molar-refractivity contribution in [2.45, 2.75) is 13.0 Å². The molecule has 3 heterocycles. The number of aryl methyl sites for hydroxylation is 1. The molecule has 7 nitrogen and oxygen atoms in total. The first kappa shape index (κ1) is 18.3. The van der Waals surface area contributed by atoms with Gasteiger partial charge in [0.25, 0.3) is 0 Å². The lowest BCUT2D eigenvalue weighted by Gasteiger charge is -2.24. The van der Waals surface area contributed by atoms with E-state index in [-0.39, 0.29) is 5.90 Å². The fraction of sp³-hybridized carbons (Fsp3) is 0.105. The molecule has 0 radical (unpaired) electrons. The average molecular weight is 457 g/mol. The predicted molar refractivity (Wildman–Crippen MR) is 106 cm³/mol. The Balaban J connectivity index is 1.91. The lowest BCUT2D eigenvalue weighted by molar-refractivity contribution is -0.114. The fourth-order valence-corrected chi connectivity index (χ4v) is 3.55. The van der Waals surface area contributed by atoms with E-state index >= 15 is 0 Å². The zero-order valence-corrected chi connectivity index (χ0v) is 16.8. The van der Waals surface area contributed by atoms with Crippen LogP contribution in [0.5, 0.6) is 0 Å². The highest BCUT2D eigenvalue weighted by Crippen LogP contribution is 2.37. The van der Waals surface area contributed by atoms with Gasteiger partial charge in [0.1, 0.15) is 10.3 Å². The zero-order valence-electron chi connectivity index (χ0n) is 14.4. The Bertz CT molecular complexity index is 1180. The summed E-state index contributed by atoms with van der Waals surface area (Å²) in [6.07, 6.45) is 1.38. The minimum atomic E-state index is -0.893. The number of hydrogen-bond acceptors (Lipinski definition) is 6. The number of pyridine rings is 1. The zero-order chi connectivity index (χ0) is 19.8. The number of aliphatic imine (C=N–C) groups is 1. The molecular weight excluding hydrogens is 446 g/mol. The number of carbonyl (C=O) groups excluding carboxylic acids is 1. The monoisotopic (exact) mass is 455 g/mol. The van der Waals surface area contributed by atoms with Crippen molar-refractivity contribution in [2.75, 3.05) is 0 Å². The number of aromatic nitrogens is 3. The van der Waals surface area contributed by atoms with E-state index in [9.17, 15) is 10.1 Å². The molecule has 0 N–H and O–H groups in total. The van der Waals surface area contributed by atoms with Gasteiger partial charge in [-0.25, -0.2) is 14.7 Å². The highest BCUT2D eigenvalue weighted by Gasteiger charge is 2.29. The van der Waals surface area contributed by atoms with Gasteiger partial charge in [-0.3, -0.25) is 4.79 Å². The lowest BCUT2D eigenvalue weighted by Crippen LogP contribution is -2.21. The van der Waals surface area contributed by atoms with E-state index in [1.807, 2.05) is 6.92 Å². The average Bonchev–Trinajstić information content (AvgIpc) is 3.09. The normalized spacial score (nSPS) is 15.2. The largest absolute Gasteiger partial charge is 0.460 e. The number of rotatable bonds is 3. The van der Waals surface area contributed by atoms with E-state index in [4.69, 9.17) is 16.3 Å². The molecule has 0 amide bonds. The van der Waals surface area contributed by atoms with Crippen molar-refractivity contribution in [1.82, 2.24) is 14.8 Å². The minimum Gasteiger partial charge on any atom is -0.460 e. The molecule has 3 aromatic rings. The maximum atomic E-state index is 11.7. The van der Waals surface area contributed by atoms with Crippen LogP contribution in [0.4, 0.5) is 5.69 Å². The molecule has 138 valence electrons. The summed E-state index contributed by atoms with van der Waals surface area (Å²) in [5, 5.41) is 14.0. The van der Waals surface area contributed by atoms with Gasteiger partial charge in [-0.05, 0) is 52.7 Å². The number of hydrogen-bond donors (Lipinski definition) is 0. The quantitative estimate of drug-likeness (QED) is 0.550. The third-order valence-electron chi connectivity index (χ3n) is 4.18. The van der Waals surface area contributed by atoms with Crippen molar-refractivity contribution in [1.29, 1.82) is 5.26 Å². The van der Waals surface area contributed by atoms with Crippen LogP contribution < -0.4 is 0 Å². The molecule has 0 fully saturated rings. The molecule has 1 aliphatic heterocycles. The van der Waals surface area contributed by atoms with Crippen LogP contribution in [0, 0.1) is 18.3 Å². The van der Waals surface area contributed by atoms with E-state index in [0.717, 1.165) is 5.56 Å². The standard InChI is InChI=1S/C19H11BrClN5O2/c1-10-5-11(8-22)6-12-15(9-27)28-19(24-17(10)12)14-7-16(20)25-26(14)18-13(21)3-2-4-23-18/h2-7,9,15H,1H3. The highest BCUT2D eigenvalue weighted by atomic mass is 79.9. The Labute approximate surface area is 173 Å². The summed E-state index contributed by atoms with van der Waals surface area (Å²) < 4.78 is 7.86. The molecule has 0 saturated heterocycles. The molecule has 1 aromatic carbocycles. The van der Waals surface area contributed by atoms with E-state index < -0.39 is 6.10 Å². The lowest BCUT2D eigenvalue weighted by atomic mass is 9.99. The van der Waals surface area contributed by atoms with Gasteiger partial charge < -0.3 is 4.74 Å². The predicted octanol–water partition coefficient (Wildman–Crippen LogP) is 4.21. The van der Waals surface area contributed by atoms with E-state index in [0.29, 0.717) is 44.2 Å². The van der Waals surface area contributed by atoms with Crippen molar-refractivity contribution >= 4 is 45.4 Å². The van der Waals surface area contributed by atoms with Crippen LogP contribution >= 0.6 is 27.5 Å². The summed E-state index contributed by atoms with van der Waals surface area (Å²) in [5.74, 6) is 0.610. The Morgan fingerprint density at radius 3 is 2.93 bits per heavy atom. The van der Waals surface area contributed by atoms with Gasteiger partial charge in [0.05, 0.1) is 22.3 Å². The maximum Gasteiger partial charge on any atom is 0.241 e. The molecular formula is C19H11BrClN5O2. The number of nitrogens with zero attached hydrogens (tertiary/aromatic N) is 5. The molecule has 9 heteroatoms. The van der Waals surface area contributed by atoms with Gasteiger partial charge in [0.2, 0.25) is 5.90 Å². The van der Waals surface area contributed by atoms with Gasteiger partial charge in [0, 0.05) is 17.8 Å². The van der Waals surface area contributed by atoms with Gasteiger partial charge in [-0.1, -0.05) is 11.6 Å². The van der Waals surface area contributed by atoms with E-state index in [2.05, 4.69) is 37.1 Å². The van der Waals surface area contributed by atoms with Crippen LogP contribution in [0.25, 0.3) is 5.82 Å². The van der Waals surface area contributed by atoms with Crippen LogP contribution in [-0.4, -0.2) is 26.9 Å². The van der Waals surface area contributed by atoms with Crippen molar-refractivity contribution in [3.05, 3.63) is 68.5 Å². The number of fused-ring (bicyclic) bond motifs is 1. The Hall–Kier alpha value is -3.02. The third-order valence-corrected chi connectivity index (χ3v) is 4.86. The molecule has 0 spiro atoms. The Morgan fingerprint density at radius 1 is 1.39 bits per heavy atom. The molecule has 1 atom stereocenters. The van der Waals surface area contributed by atoms with Gasteiger partial charge in [-0.2, -0.15) is 10.4 Å². The fourth-order valence-electron chi connectivity index (χ4n) is 2.97. The Kier molecular flexibility index (Phi) is 4.71. The first-order chi connectivity index (χ1) is 13.5. The van der Waals surface area contributed by atoms with Crippen molar-refractivity contribution in [3.63, 3.8) is 0 Å². The molecule has 0 aliphatic carbocycles. The second kappa shape index (κ2) is 7.19. The van der Waals surface area contributed by atoms with Crippen LogP contribution in [0.1, 0.15) is 28.5 Å². The van der Waals surface area contributed by atoms with Crippen molar-refractivity contribution < 1.29 is 9.53 Å². The van der Waals surface area contributed by atoms with Gasteiger partial charge in [0.15, 0.2) is 18.2 Å². The topological polar surface area (TPSA) is 93.2 Å². The van der Waals surface area contributed by atoms with Crippen LogP contribution in [0.3, 0.4) is 0 Å². The molecule has 4 rings (SSSR count). The second-order valence-corrected chi connectivity index (χ2v) is 7.23. The summed E-state index contributed by atoms with van der Waals surface area (Å²) in [7, 11) is 0. The maximum absolute atomic E-state index is 11.7. The Morgan fingerprint density at radius 2 is 2.21 bits per heavy atom. The van der Waals surface area contributed by atoms with E-state index in [1.54, 1.807) is 36.5 Å². The molecule has 0 saturated carbocycles. The van der Waals surface area contributed by atoms with Gasteiger partial charge >= 0.3 is 0 Å².